The Labute approximate surface area is 130 Å². The molecule has 0 spiro atoms. The summed E-state index contributed by atoms with van der Waals surface area (Å²) in [7, 11) is 0. The summed E-state index contributed by atoms with van der Waals surface area (Å²) >= 11 is 3.40. The van der Waals surface area contributed by atoms with Crippen LogP contribution in [0.25, 0.3) is 16.7 Å². The quantitative estimate of drug-likeness (QED) is 0.716. The third kappa shape index (κ3) is 2.18. The largest absolute Gasteiger partial charge is 0.294 e. The minimum absolute atomic E-state index is 0.187. The molecule has 0 atom stereocenters. The zero-order valence-electron chi connectivity index (χ0n) is 10.9. The molecular weight excluding hydrogens is 328 g/mol. The fourth-order valence-electron chi connectivity index (χ4n) is 2.34. The van der Waals surface area contributed by atoms with Gasteiger partial charge in [-0.1, -0.05) is 18.2 Å². The van der Waals surface area contributed by atoms with Crippen LogP contribution in [0, 0.1) is 22.7 Å². The molecular formula is C16H9BrN4. The number of nitriles is 2. The fourth-order valence-corrected chi connectivity index (χ4v) is 2.79. The first-order valence-corrected chi connectivity index (χ1v) is 7.08. The first kappa shape index (κ1) is 13.4. The molecule has 2 aromatic carbocycles. The zero-order chi connectivity index (χ0) is 14.8. The van der Waals surface area contributed by atoms with E-state index in [9.17, 15) is 5.26 Å². The lowest BCUT2D eigenvalue weighted by Crippen LogP contribution is -2.03. The van der Waals surface area contributed by atoms with E-state index in [0.717, 1.165) is 21.2 Å². The number of halogens is 1. The molecule has 4 nitrogen and oxygen atoms in total. The van der Waals surface area contributed by atoms with Crippen molar-refractivity contribution in [3.63, 3.8) is 0 Å². The van der Waals surface area contributed by atoms with Gasteiger partial charge in [0.05, 0.1) is 34.8 Å². The second kappa shape index (κ2) is 5.40. The molecule has 0 bridgehead atoms. The molecule has 0 fully saturated rings. The van der Waals surface area contributed by atoms with Crippen molar-refractivity contribution in [2.24, 2.45) is 0 Å². The van der Waals surface area contributed by atoms with Gasteiger partial charge in [0, 0.05) is 4.47 Å². The monoisotopic (exact) mass is 336 g/mol. The fraction of sp³-hybridized carbons (Fsp3) is 0.0625. The number of fused-ring (bicyclic) bond motifs is 1. The van der Waals surface area contributed by atoms with Crippen LogP contribution in [0.3, 0.4) is 0 Å². The van der Waals surface area contributed by atoms with Gasteiger partial charge >= 0.3 is 0 Å². The first-order valence-electron chi connectivity index (χ1n) is 6.28. The highest BCUT2D eigenvalue weighted by Crippen LogP contribution is 2.28. The van der Waals surface area contributed by atoms with Gasteiger partial charge in [0.15, 0.2) is 0 Å². The Morgan fingerprint density at radius 1 is 1.10 bits per heavy atom. The highest BCUT2D eigenvalue weighted by molar-refractivity contribution is 9.10. The third-order valence-electron chi connectivity index (χ3n) is 3.21. The van der Waals surface area contributed by atoms with Crippen molar-refractivity contribution in [2.45, 2.75) is 6.42 Å². The van der Waals surface area contributed by atoms with Gasteiger partial charge in [-0.05, 0) is 40.2 Å². The lowest BCUT2D eigenvalue weighted by molar-refractivity contribution is 0.950. The molecule has 5 heteroatoms. The minimum atomic E-state index is 0.187. The van der Waals surface area contributed by atoms with E-state index < -0.39 is 0 Å². The molecule has 0 aliphatic heterocycles. The molecule has 1 aromatic heterocycles. The van der Waals surface area contributed by atoms with E-state index in [1.165, 1.54) is 0 Å². The van der Waals surface area contributed by atoms with Crippen LogP contribution in [-0.2, 0) is 6.42 Å². The van der Waals surface area contributed by atoms with E-state index in [1.807, 2.05) is 47.0 Å². The highest BCUT2D eigenvalue weighted by atomic mass is 79.9. The van der Waals surface area contributed by atoms with E-state index in [2.05, 4.69) is 33.1 Å². The van der Waals surface area contributed by atoms with Gasteiger partial charge in [-0.3, -0.25) is 4.57 Å². The van der Waals surface area contributed by atoms with Gasteiger partial charge in [-0.25, -0.2) is 4.98 Å². The molecule has 3 aromatic rings. The Hall–Kier alpha value is -2.63. The molecule has 0 saturated heterocycles. The summed E-state index contributed by atoms with van der Waals surface area (Å²) in [5.74, 6) is 0.633. The number of nitrogens with zero attached hydrogens (tertiary/aromatic N) is 4. The maximum atomic E-state index is 9.41. The van der Waals surface area contributed by atoms with Crippen molar-refractivity contribution >= 4 is 27.0 Å². The summed E-state index contributed by atoms with van der Waals surface area (Å²) in [6, 6.07) is 17.5. The lowest BCUT2D eigenvalue weighted by Gasteiger charge is -2.10. The van der Waals surface area contributed by atoms with Crippen LogP contribution in [0.15, 0.2) is 46.9 Å². The van der Waals surface area contributed by atoms with Crippen LogP contribution in [0.1, 0.15) is 11.4 Å². The second-order valence-corrected chi connectivity index (χ2v) is 5.29. The van der Waals surface area contributed by atoms with E-state index in [1.54, 1.807) is 0 Å². The van der Waals surface area contributed by atoms with Crippen LogP contribution < -0.4 is 0 Å². The van der Waals surface area contributed by atoms with Crippen LogP contribution in [0.5, 0.6) is 0 Å². The van der Waals surface area contributed by atoms with Crippen molar-refractivity contribution in [1.29, 1.82) is 10.5 Å². The Morgan fingerprint density at radius 3 is 2.67 bits per heavy atom. The average molecular weight is 337 g/mol. The Kier molecular flexibility index (Phi) is 3.43. The van der Waals surface area contributed by atoms with Crippen LogP contribution >= 0.6 is 15.9 Å². The Bertz CT molecular complexity index is 912. The standard InChI is InChI=1S/C16H9BrN4/c17-12-4-3-7-14(11(12)10-19)21-15-6-2-1-5-13(15)20-16(21)8-9-18/h1-7H,8H2. The molecule has 0 unspecified atom stereocenters. The van der Waals surface area contributed by atoms with Crippen LogP contribution in [-0.4, -0.2) is 9.55 Å². The molecule has 21 heavy (non-hydrogen) atoms. The van der Waals surface area contributed by atoms with Crippen molar-refractivity contribution in [2.75, 3.05) is 0 Å². The summed E-state index contributed by atoms with van der Waals surface area (Å²) in [5.41, 5.74) is 2.95. The summed E-state index contributed by atoms with van der Waals surface area (Å²) < 4.78 is 2.60. The van der Waals surface area contributed by atoms with Crippen molar-refractivity contribution < 1.29 is 0 Å². The van der Waals surface area contributed by atoms with Crippen molar-refractivity contribution in [1.82, 2.24) is 9.55 Å². The number of para-hydroxylation sites is 2. The SMILES string of the molecule is N#CCc1nc2ccccc2n1-c1cccc(Br)c1C#N. The predicted molar refractivity (Wildman–Crippen MR) is 82.8 cm³/mol. The van der Waals surface area contributed by atoms with Gasteiger partial charge in [-0.2, -0.15) is 10.5 Å². The van der Waals surface area contributed by atoms with E-state index in [4.69, 9.17) is 5.26 Å². The summed E-state index contributed by atoms with van der Waals surface area (Å²) in [4.78, 5) is 4.50. The number of rotatable bonds is 2. The third-order valence-corrected chi connectivity index (χ3v) is 3.87. The topological polar surface area (TPSA) is 65.4 Å². The average Bonchev–Trinajstić information content (AvgIpc) is 2.85. The highest BCUT2D eigenvalue weighted by Gasteiger charge is 2.16. The molecule has 0 N–H and O–H groups in total. The van der Waals surface area contributed by atoms with E-state index in [0.29, 0.717) is 11.4 Å². The molecule has 0 radical (unpaired) electrons. The molecule has 1 heterocycles. The van der Waals surface area contributed by atoms with Gasteiger partial charge < -0.3 is 0 Å². The van der Waals surface area contributed by atoms with Crippen molar-refractivity contribution in [3.8, 4) is 17.8 Å². The van der Waals surface area contributed by atoms with Crippen LogP contribution in [0.2, 0.25) is 0 Å². The van der Waals surface area contributed by atoms with Crippen LogP contribution in [0.4, 0.5) is 0 Å². The van der Waals surface area contributed by atoms with Gasteiger partial charge in [-0.15, -0.1) is 0 Å². The molecule has 0 amide bonds. The number of aromatic nitrogens is 2. The van der Waals surface area contributed by atoms with Gasteiger partial charge in [0.25, 0.3) is 0 Å². The first-order chi connectivity index (χ1) is 10.3. The minimum Gasteiger partial charge on any atom is -0.294 e. The van der Waals surface area contributed by atoms with Crippen molar-refractivity contribution in [3.05, 3.63) is 58.3 Å². The Morgan fingerprint density at radius 2 is 1.90 bits per heavy atom. The predicted octanol–water partition coefficient (Wildman–Crippen LogP) is 3.73. The molecule has 0 aliphatic rings. The number of imidazole rings is 1. The number of benzene rings is 2. The molecule has 0 aliphatic carbocycles. The second-order valence-electron chi connectivity index (χ2n) is 4.43. The maximum absolute atomic E-state index is 9.41. The summed E-state index contributed by atoms with van der Waals surface area (Å²) in [5, 5.41) is 18.4. The molecule has 100 valence electrons. The zero-order valence-corrected chi connectivity index (χ0v) is 12.5. The van der Waals surface area contributed by atoms with Gasteiger partial charge in [0.2, 0.25) is 0 Å². The lowest BCUT2D eigenvalue weighted by atomic mass is 10.2. The molecule has 0 saturated carbocycles. The number of hydrogen-bond acceptors (Lipinski definition) is 3. The summed E-state index contributed by atoms with van der Waals surface area (Å²) in [6.07, 6.45) is 0.187. The van der Waals surface area contributed by atoms with E-state index >= 15 is 0 Å². The Balaban J connectivity index is 2.40. The molecule has 3 rings (SSSR count). The van der Waals surface area contributed by atoms with Gasteiger partial charge in [0.1, 0.15) is 11.9 Å². The number of hydrogen-bond donors (Lipinski definition) is 0. The van der Waals surface area contributed by atoms with E-state index in [-0.39, 0.29) is 6.42 Å². The maximum Gasteiger partial charge on any atom is 0.128 e. The normalized spacial score (nSPS) is 10.2. The summed E-state index contributed by atoms with van der Waals surface area (Å²) in [6.45, 7) is 0. The smallest absolute Gasteiger partial charge is 0.128 e.